The molecule has 1 fully saturated rings. The van der Waals surface area contributed by atoms with Crippen LogP contribution < -0.4 is 5.32 Å². The van der Waals surface area contributed by atoms with Crippen molar-refractivity contribution in [1.29, 1.82) is 0 Å². The van der Waals surface area contributed by atoms with Crippen LogP contribution >= 0.6 is 11.6 Å². The minimum absolute atomic E-state index is 0.00615. The Labute approximate surface area is 139 Å². The van der Waals surface area contributed by atoms with E-state index in [1.165, 1.54) is 26.3 Å². The third-order valence-electron chi connectivity index (χ3n) is 4.28. The minimum atomic E-state index is -4.50. The van der Waals surface area contributed by atoms with Crippen LogP contribution in [0.3, 0.4) is 0 Å². The van der Waals surface area contributed by atoms with Crippen LogP contribution in [0.5, 0.6) is 0 Å². The SMILES string of the molecule is C[C@@H]1CCCC[C@H]1OCCNCc1c(C(F)(F)F)nn(C)c1Cl. The highest BCUT2D eigenvalue weighted by atomic mass is 35.5. The zero-order valence-corrected chi connectivity index (χ0v) is 14.2. The Morgan fingerprint density at radius 2 is 2.04 bits per heavy atom. The van der Waals surface area contributed by atoms with Crippen molar-refractivity contribution in [3.05, 3.63) is 16.4 Å². The molecule has 4 nitrogen and oxygen atoms in total. The lowest BCUT2D eigenvalue weighted by molar-refractivity contribution is -0.142. The van der Waals surface area contributed by atoms with Crippen LogP contribution in [0.15, 0.2) is 0 Å². The van der Waals surface area contributed by atoms with Crippen LogP contribution in [-0.2, 0) is 24.5 Å². The molecule has 0 bridgehead atoms. The van der Waals surface area contributed by atoms with Crippen molar-refractivity contribution in [2.24, 2.45) is 13.0 Å². The average molecular weight is 354 g/mol. The van der Waals surface area contributed by atoms with E-state index < -0.39 is 11.9 Å². The van der Waals surface area contributed by atoms with Gasteiger partial charge in [-0.3, -0.25) is 4.68 Å². The van der Waals surface area contributed by atoms with Gasteiger partial charge in [0.1, 0.15) is 5.15 Å². The number of nitrogens with one attached hydrogen (secondary N) is 1. The summed E-state index contributed by atoms with van der Waals surface area (Å²) in [5, 5.41) is 6.42. The number of aryl methyl sites for hydroxylation is 1. The maximum absolute atomic E-state index is 12.9. The molecule has 8 heteroatoms. The van der Waals surface area contributed by atoms with Crippen molar-refractivity contribution in [2.45, 2.75) is 51.4 Å². The Morgan fingerprint density at radius 1 is 1.35 bits per heavy atom. The van der Waals surface area contributed by atoms with Crippen molar-refractivity contribution in [2.75, 3.05) is 13.2 Å². The number of ether oxygens (including phenoxy) is 1. The fourth-order valence-corrected chi connectivity index (χ4v) is 3.15. The van der Waals surface area contributed by atoms with Crippen molar-refractivity contribution >= 4 is 11.6 Å². The van der Waals surface area contributed by atoms with Gasteiger partial charge in [0.15, 0.2) is 5.69 Å². The van der Waals surface area contributed by atoms with Crippen LogP contribution in [0.25, 0.3) is 0 Å². The third kappa shape index (κ3) is 4.84. The molecule has 0 aliphatic heterocycles. The highest BCUT2D eigenvalue weighted by molar-refractivity contribution is 6.30. The summed E-state index contributed by atoms with van der Waals surface area (Å²) >= 11 is 5.90. The van der Waals surface area contributed by atoms with Gasteiger partial charge in [0.2, 0.25) is 0 Å². The smallest absolute Gasteiger partial charge is 0.377 e. The summed E-state index contributed by atoms with van der Waals surface area (Å²) in [7, 11) is 1.40. The molecule has 0 radical (unpaired) electrons. The molecule has 1 heterocycles. The Bertz CT molecular complexity index is 519. The fraction of sp³-hybridized carbons (Fsp3) is 0.800. The van der Waals surface area contributed by atoms with E-state index >= 15 is 0 Å². The highest BCUT2D eigenvalue weighted by Crippen LogP contribution is 2.34. The number of aromatic nitrogens is 2. The van der Waals surface area contributed by atoms with Gasteiger partial charge < -0.3 is 10.1 Å². The van der Waals surface area contributed by atoms with Crippen molar-refractivity contribution in [1.82, 2.24) is 15.1 Å². The van der Waals surface area contributed by atoms with Gasteiger partial charge in [0.05, 0.1) is 12.7 Å². The van der Waals surface area contributed by atoms with E-state index in [1.807, 2.05) is 0 Å². The second kappa shape index (κ2) is 7.85. The van der Waals surface area contributed by atoms with E-state index in [9.17, 15) is 13.2 Å². The predicted octanol–water partition coefficient (Wildman–Crippen LogP) is 3.78. The normalized spacial score (nSPS) is 22.5. The molecule has 0 amide bonds. The number of nitrogens with zero attached hydrogens (tertiary/aromatic N) is 2. The molecule has 132 valence electrons. The average Bonchev–Trinajstić information content (AvgIpc) is 2.77. The van der Waals surface area contributed by atoms with Gasteiger partial charge in [0.25, 0.3) is 0 Å². The monoisotopic (exact) mass is 353 g/mol. The largest absolute Gasteiger partial charge is 0.435 e. The Balaban J connectivity index is 1.80. The van der Waals surface area contributed by atoms with E-state index in [4.69, 9.17) is 16.3 Å². The van der Waals surface area contributed by atoms with Crippen LogP contribution in [0.2, 0.25) is 5.15 Å². The molecule has 1 aromatic rings. The van der Waals surface area contributed by atoms with E-state index in [1.54, 1.807) is 0 Å². The molecule has 2 atom stereocenters. The maximum Gasteiger partial charge on any atom is 0.435 e. The molecule has 1 N–H and O–H groups in total. The lowest BCUT2D eigenvalue weighted by Gasteiger charge is -2.28. The van der Waals surface area contributed by atoms with Gasteiger partial charge >= 0.3 is 6.18 Å². The quantitative estimate of drug-likeness (QED) is 0.791. The van der Waals surface area contributed by atoms with Gasteiger partial charge in [-0.15, -0.1) is 0 Å². The number of halogens is 4. The second-order valence-electron chi connectivity index (χ2n) is 6.09. The second-order valence-corrected chi connectivity index (χ2v) is 6.45. The Kier molecular flexibility index (Phi) is 6.33. The molecule has 0 unspecified atom stereocenters. The summed E-state index contributed by atoms with van der Waals surface area (Å²) in [6.45, 7) is 3.16. The lowest BCUT2D eigenvalue weighted by Crippen LogP contribution is -2.29. The molecule has 2 rings (SSSR count). The van der Waals surface area contributed by atoms with Crippen LogP contribution in [-0.4, -0.2) is 29.0 Å². The van der Waals surface area contributed by atoms with E-state index in [0.29, 0.717) is 19.1 Å². The molecule has 0 spiro atoms. The standard InChI is InChI=1S/C15H23ClF3N3O/c1-10-5-3-4-6-12(10)23-8-7-20-9-11-13(15(17,18)19)21-22(2)14(11)16/h10,12,20H,3-9H2,1-2H3/t10-,12-/m1/s1. The first-order chi connectivity index (χ1) is 10.8. The summed E-state index contributed by atoms with van der Waals surface area (Å²) in [5.41, 5.74) is -0.952. The maximum atomic E-state index is 12.9. The van der Waals surface area contributed by atoms with Gasteiger partial charge in [-0.05, 0) is 18.8 Å². The Morgan fingerprint density at radius 3 is 2.70 bits per heavy atom. The summed E-state index contributed by atoms with van der Waals surface area (Å²) in [6.07, 6.45) is 0.433. The number of rotatable bonds is 6. The summed E-state index contributed by atoms with van der Waals surface area (Å²) < 4.78 is 45.6. The molecule has 1 aliphatic rings. The lowest BCUT2D eigenvalue weighted by atomic mass is 9.88. The first kappa shape index (κ1) is 18.5. The predicted molar refractivity (Wildman–Crippen MR) is 82.3 cm³/mol. The molecular weight excluding hydrogens is 331 g/mol. The van der Waals surface area contributed by atoms with Crippen molar-refractivity contribution < 1.29 is 17.9 Å². The molecule has 0 aromatic carbocycles. The van der Waals surface area contributed by atoms with Gasteiger partial charge in [-0.25, -0.2) is 0 Å². The first-order valence-electron chi connectivity index (χ1n) is 7.91. The third-order valence-corrected chi connectivity index (χ3v) is 4.76. The number of hydrogen-bond donors (Lipinski definition) is 1. The van der Waals surface area contributed by atoms with Crippen molar-refractivity contribution in [3.63, 3.8) is 0 Å². The molecule has 1 aliphatic carbocycles. The number of alkyl halides is 3. The molecular formula is C15H23ClF3N3O. The minimum Gasteiger partial charge on any atom is -0.377 e. The topological polar surface area (TPSA) is 39.1 Å². The van der Waals surface area contributed by atoms with Crippen LogP contribution in [0.4, 0.5) is 13.2 Å². The Hall–Kier alpha value is -0.790. The highest BCUT2D eigenvalue weighted by Gasteiger charge is 2.38. The van der Waals surface area contributed by atoms with E-state index in [0.717, 1.165) is 11.1 Å². The summed E-state index contributed by atoms with van der Waals surface area (Å²) in [4.78, 5) is 0. The molecule has 23 heavy (non-hydrogen) atoms. The summed E-state index contributed by atoms with van der Waals surface area (Å²) in [6, 6.07) is 0. The van der Waals surface area contributed by atoms with Crippen LogP contribution in [0, 0.1) is 5.92 Å². The molecule has 1 aromatic heterocycles. The zero-order valence-electron chi connectivity index (χ0n) is 13.4. The van der Waals surface area contributed by atoms with E-state index in [-0.39, 0.29) is 23.4 Å². The number of hydrogen-bond acceptors (Lipinski definition) is 3. The van der Waals surface area contributed by atoms with Crippen molar-refractivity contribution in [3.8, 4) is 0 Å². The van der Waals surface area contributed by atoms with Gasteiger partial charge in [-0.1, -0.05) is 31.4 Å². The van der Waals surface area contributed by atoms with Gasteiger partial charge in [0, 0.05) is 25.7 Å². The molecule has 1 saturated carbocycles. The summed E-state index contributed by atoms with van der Waals surface area (Å²) in [5.74, 6) is 0.549. The molecule has 0 saturated heterocycles. The van der Waals surface area contributed by atoms with Gasteiger partial charge in [-0.2, -0.15) is 18.3 Å². The van der Waals surface area contributed by atoms with E-state index in [2.05, 4.69) is 17.3 Å². The zero-order chi connectivity index (χ0) is 17.0. The fourth-order valence-electron chi connectivity index (χ4n) is 2.96. The first-order valence-corrected chi connectivity index (χ1v) is 8.29. The van der Waals surface area contributed by atoms with Crippen LogP contribution in [0.1, 0.15) is 43.9 Å².